The number of aliphatic hydroxyl groups is 5. The fraction of sp³-hybridized carbons (Fsp3) is 0.735. The first-order valence-corrected chi connectivity index (χ1v) is 23.3. The number of methoxy groups -OCH3 is 1. The van der Waals surface area contributed by atoms with Crippen molar-refractivity contribution in [2.45, 2.75) is 179 Å². The predicted octanol–water partition coefficient (Wildman–Crippen LogP) is 3.38. The third kappa shape index (κ3) is 12.1. The quantitative estimate of drug-likeness (QED) is 0.167. The summed E-state index contributed by atoms with van der Waals surface area (Å²) in [5.41, 5.74) is -3.76. The molecule has 5 rings (SSSR count). The number of benzene rings is 1. The van der Waals surface area contributed by atoms with Crippen molar-refractivity contribution in [3.63, 3.8) is 0 Å². The summed E-state index contributed by atoms with van der Waals surface area (Å²) < 4.78 is 43.3. The normalized spacial score (nSPS) is 41.0. The zero-order valence-electron chi connectivity index (χ0n) is 40.7. The summed E-state index contributed by atoms with van der Waals surface area (Å²) in [5, 5.41) is 62.1. The molecule has 6 N–H and O–H groups in total. The van der Waals surface area contributed by atoms with Crippen LogP contribution in [0.3, 0.4) is 0 Å². The van der Waals surface area contributed by atoms with Crippen LogP contribution in [0.2, 0.25) is 0 Å². The molecule has 2 aromatic rings. The van der Waals surface area contributed by atoms with Crippen molar-refractivity contribution in [1.29, 1.82) is 0 Å². The van der Waals surface area contributed by atoms with E-state index in [1.807, 2.05) is 50.2 Å². The van der Waals surface area contributed by atoms with Crippen molar-refractivity contribution in [2.75, 3.05) is 27.7 Å². The number of esters is 1. The first kappa shape index (κ1) is 53.6. The van der Waals surface area contributed by atoms with E-state index >= 15 is 0 Å². The Morgan fingerprint density at radius 2 is 1.58 bits per heavy atom. The van der Waals surface area contributed by atoms with Gasteiger partial charge in [-0.1, -0.05) is 45.0 Å². The van der Waals surface area contributed by atoms with Gasteiger partial charge in [0, 0.05) is 55.9 Å². The SMILES string of the molecule is CO[C@]1(C)C[C@H](OC2[C@@H](C)C(=O)O[C@H](CCNC(=O)Cc3ccccc3-c3ccco3)[C@@](C)(O)[C@H](O)[C@@H](C)C(=O)[C@H](C)C[C@@](C)(O)[C@H](O[C@@H]3O[C@H](C)C[C@H](N(C)C)[C@H]3O)[C@H]2C)O[C@@H](C)[C@@H]1O. The van der Waals surface area contributed by atoms with Crippen LogP contribution in [0.25, 0.3) is 11.3 Å². The van der Waals surface area contributed by atoms with Gasteiger partial charge in [-0.05, 0) is 86.2 Å². The molecule has 0 saturated carbocycles. The monoisotopic (exact) mass is 933 g/mol. The van der Waals surface area contributed by atoms with E-state index in [0.717, 1.165) is 5.56 Å². The topological polar surface area (TPSA) is 236 Å². The van der Waals surface area contributed by atoms with Crippen molar-refractivity contribution in [3.8, 4) is 11.3 Å². The van der Waals surface area contributed by atoms with Gasteiger partial charge < -0.3 is 68.6 Å². The van der Waals surface area contributed by atoms with E-state index in [1.54, 1.807) is 53.0 Å². The maximum Gasteiger partial charge on any atom is 0.311 e. The molecule has 18 atom stereocenters. The Labute approximate surface area is 389 Å². The van der Waals surface area contributed by atoms with Crippen molar-refractivity contribution >= 4 is 17.7 Å². The number of aliphatic hydroxyl groups excluding tert-OH is 3. The first-order valence-electron chi connectivity index (χ1n) is 23.3. The van der Waals surface area contributed by atoms with Gasteiger partial charge >= 0.3 is 5.97 Å². The molecule has 1 aromatic carbocycles. The average molecular weight is 933 g/mol. The van der Waals surface area contributed by atoms with E-state index < -0.39 is 108 Å². The molecule has 4 heterocycles. The van der Waals surface area contributed by atoms with E-state index in [0.29, 0.717) is 17.7 Å². The minimum Gasteiger partial charge on any atom is -0.464 e. The highest BCUT2D eigenvalue weighted by atomic mass is 16.7. The summed E-state index contributed by atoms with van der Waals surface area (Å²) in [7, 11) is 5.13. The van der Waals surface area contributed by atoms with Gasteiger partial charge in [0.25, 0.3) is 0 Å². The Morgan fingerprint density at radius 3 is 2.21 bits per heavy atom. The Morgan fingerprint density at radius 1 is 0.894 bits per heavy atom. The Hall–Kier alpha value is -3.33. The van der Waals surface area contributed by atoms with Crippen LogP contribution in [0.1, 0.15) is 93.6 Å². The lowest BCUT2D eigenvalue weighted by molar-refractivity contribution is -0.318. The Balaban J connectivity index is 1.51. The molecule has 3 fully saturated rings. The van der Waals surface area contributed by atoms with Crippen LogP contribution in [-0.4, -0.2) is 160 Å². The summed E-state index contributed by atoms with van der Waals surface area (Å²) in [6, 6.07) is 10.5. The number of cyclic esters (lactones) is 1. The van der Waals surface area contributed by atoms with Gasteiger partial charge in [-0.15, -0.1) is 0 Å². The highest BCUT2D eigenvalue weighted by Crippen LogP contribution is 2.41. The largest absolute Gasteiger partial charge is 0.464 e. The Kier molecular flexibility index (Phi) is 17.8. The molecule has 1 unspecified atom stereocenters. The molecule has 3 saturated heterocycles. The number of carbonyl (C=O) groups excluding carboxylic acids is 3. The smallest absolute Gasteiger partial charge is 0.311 e. The molecular formula is C49H76N2O15. The molecule has 3 aliphatic rings. The Bertz CT molecular complexity index is 1910. The molecule has 0 spiro atoms. The highest BCUT2D eigenvalue weighted by Gasteiger charge is 2.53. The second-order valence-electron chi connectivity index (χ2n) is 20.0. The molecule has 3 aliphatic heterocycles. The number of hydrogen-bond acceptors (Lipinski definition) is 16. The molecule has 17 nitrogen and oxygen atoms in total. The number of Topliss-reactive ketones (excluding diaryl/α,β-unsaturated/α-hetero) is 1. The summed E-state index contributed by atoms with van der Waals surface area (Å²) in [6.45, 7) is 14.3. The number of hydrogen-bond donors (Lipinski definition) is 6. The minimum atomic E-state index is -2.23. The van der Waals surface area contributed by atoms with Gasteiger partial charge in [-0.2, -0.15) is 0 Å². The van der Waals surface area contributed by atoms with E-state index in [4.69, 9.17) is 32.8 Å². The first-order chi connectivity index (χ1) is 30.8. The molecule has 372 valence electrons. The molecule has 1 aromatic heterocycles. The zero-order chi connectivity index (χ0) is 49.1. The number of nitrogens with one attached hydrogen (secondary N) is 1. The lowest BCUT2D eigenvalue weighted by atomic mass is 9.74. The lowest BCUT2D eigenvalue weighted by Crippen LogP contribution is -2.61. The number of rotatable bonds is 12. The van der Waals surface area contributed by atoms with Gasteiger partial charge in [-0.25, -0.2) is 0 Å². The fourth-order valence-corrected chi connectivity index (χ4v) is 10.2. The van der Waals surface area contributed by atoms with Crippen LogP contribution >= 0.6 is 0 Å². The number of amides is 1. The molecular weight excluding hydrogens is 857 g/mol. The van der Waals surface area contributed by atoms with Gasteiger partial charge in [0.05, 0.1) is 60.3 Å². The number of carbonyl (C=O) groups is 3. The van der Waals surface area contributed by atoms with Crippen LogP contribution in [0.4, 0.5) is 0 Å². The lowest BCUT2D eigenvalue weighted by Gasteiger charge is -2.49. The number of ketones is 1. The van der Waals surface area contributed by atoms with Crippen LogP contribution < -0.4 is 5.32 Å². The van der Waals surface area contributed by atoms with E-state index in [9.17, 15) is 39.9 Å². The summed E-state index contributed by atoms with van der Waals surface area (Å²) >= 11 is 0. The van der Waals surface area contributed by atoms with Gasteiger partial charge in [-0.3, -0.25) is 14.4 Å². The molecule has 0 bridgehead atoms. The minimum absolute atomic E-state index is 0.0106. The molecule has 17 heteroatoms. The second kappa shape index (κ2) is 22.0. The molecule has 1 amide bonds. The zero-order valence-corrected chi connectivity index (χ0v) is 40.7. The fourth-order valence-electron chi connectivity index (χ4n) is 10.2. The third-order valence-electron chi connectivity index (χ3n) is 14.3. The van der Waals surface area contributed by atoms with E-state index in [-0.39, 0.29) is 50.3 Å². The maximum atomic E-state index is 14.7. The summed E-state index contributed by atoms with van der Waals surface area (Å²) in [6.07, 6.45) is -9.64. The van der Waals surface area contributed by atoms with Crippen LogP contribution in [0.15, 0.2) is 47.1 Å². The standard InChI is InChI=1S/C49H76N2O15/c1-26-24-47(7,58)44(66-46-40(54)34(51(10)11)22-27(2)62-46)29(4)41(65-38-25-48(8,60-12)43(56)31(6)63-38)30(5)45(57)64-36(49(9,59)42(55)28(3)39(26)53)19-20-50-37(52)23-32-16-13-14-17-33(32)35-18-15-21-61-35/h13-18,21,26-31,34,36,38,40-44,46,54-56,58-59H,19-20,22-25H2,1-12H3,(H,50,52)/t26-,27-,28+,29+,30-,31+,34+,36-,38+,40-,41?,42-,43+,44-,46+,47-,48-,49-/m1/s1. The number of furan rings is 1. The second-order valence-corrected chi connectivity index (χ2v) is 20.0. The van der Waals surface area contributed by atoms with Crippen molar-refractivity contribution in [3.05, 3.63) is 48.2 Å². The number of nitrogens with zero attached hydrogens (tertiary/aromatic N) is 1. The molecule has 0 aliphatic carbocycles. The van der Waals surface area contributed by atoms with Crippen LogP contribution in [0, 0.1) is 23.7 Å². The number of ether oxygens (including phenoxy) is 6. The van der Waals surface area contributed by atoms with Crippen LogP contribution in [-0.2, 0) is 49.2 Å². The summed E-state index contributed by atoms with van der Waals surface area (Å²) in [4.78, 5) is 44.2. The molecule has 66 heavy (non-hydrogen) atoms. The molecule has 0 radical (unpaired) electrons. The maximum absolute atomic E-state index is 14.7. The van der Waals surface area contributed by atoms with Crippen molar-refractivity contribution in [2.24, 2.45) is 23.7 Å². The van der Waals surface area contributed by atoms with E-state index in [2.05, 4.69) is 5.32 Å². The van der Waals surface area contributed by atoms with Crippen LogP contribution in [0.5, 0.6) is 0 Å². The van der Waals surface area contributed by atoms with Gasteiger partial charge in [0.2, 0.25) is 5.91 Å². The number of likely N-dealkylation sites (N-methyl/N-ethyl adjacent to an activating group) is 1. The van der Waals surface area contributed by atoms with Crippen molar-refractivity contribution < 1.29 is 72.8 Å². The highest BCUT2D eigenvalue weighted by molar-refractivity contribution is 5.84. The summed E-state index contributed by atoms with van der Waals surface area (Å²) in [5.74, 6) is -5.39. The van der Waals surface area contributed by atoms with Gasteiger partial charge in [0.1, 0.15) is 35.5 Å². The predicted molar refractivity (Wildman–Crippen MR) is 241 cm³/mol. The third-order valence-corrected chi connectivity index (χ3v) is 14.3. The van der Waals surface area contributed by atoms with Crippen molar-refractivity contribution in [1.82, 2.24) is 10.2 Å². The van der Waals surface area contributed by atoms with E-state index in [1.165, 1.54) is 27.9 Å². The average Bonchev–Trinajstić information content (AvgIpc) is 3.80. The van der Waals surface area contributed by atoms with Gasteiger partial charge in [0.15, 0.2) is 12.6 Å².